The number of nitrogens with one attached hydrogen (secondary N) is 2. The Bertz CT molecular complexity index is 1950. The van der Waals surface area contributed by atoms with Gasteiger partial charge in [0.1, 0.15) is 11.6 Å². The fraction of sp³-hybridized carbons (Fsp3) is 0. The molecule has 6 aromatic rings. The fourth-order valence-corrected chi connectivity index (χ4v) is 3.95. The molecule has 0 bridgehead atoms. The van der Waals surface area contributed by atoms with E-state index in [-0.39, 0.29) is 42.4 Å². The number of carbonyl (C=O) groups excluding carboxylic acids is 2. The zero-order chi connectivity index (χ0) is 32.5. The molecule has 0 radical (unpaired) electrons. The molecule has 230 valence electrons. The van der Waals surface area contributed by atoms with Crippen LogP contribution in [0.4, 0.5) is 8.78 Å². The maximum atomic E-state index is 13.2. The molecule has 0 atom stereocenters. The molecule has 2 amide bonds. The number of amides is 2. The van der Waals surface area contributed by atoms with Crippen molar-refractivity contribution in [3.8, 4) is 11.8 Å². The zero-order valence-corrected chi connectivity index (χ0v) is 27.2. The third kappa shape index (κ3) is 8.99. The van der Waals surface area contributed by atoms with Crippen LogP contribution in [0.3, 0.4) is 0 Å². The second-order valence-electron chi connectivity index (χ2n) is 9.35. The van der Waals surface area contributed by atoms with Crippen molar-refractivity contribution in [2.75, 3.05) is 0 Å². The van der Waals surface area contributed by atoms with Crippen molar-refractivity contribution in [1.29, 1.82) is 0 Å². The summed E-state index contributed by atoms with van der Waals surface area (Å²) >= 11 is 0. The van der Waals surface area contributed by atoms with Gasteiger partial charge in [-0.15, -0.1) is 0 Å². The summed E-state index contributed by atoms with van der Waals surface area (Å²) in [5.74, 6) is -2.15. The number of pyridine rings is 4. The molecule has 2 aromatic carbocycles. The van der Waals surface area contributed by atoms with Crippen LogP contribution in [0.5, 0.6) is 11.8 Å². The maximum absolute atomic E-state index is 13.2. The van der Waals surface area contributed by atoms with E-state index in [1.54, 1.807) is 24.3 Å². The Kier molecular flexibility index (Phi) is 11.3. The molecule has 0 aliphatic rings. The third-order valence-electron chi connectivity index (χ3n) is 6.19. The van der Waals surface area contributed by atoms with Gasteiger partial charge in [0.15, 0.2) is 0 Å². The number of benzene rings is 2. The number of aromatic nitrogens is 4. The first-order chi connectivity index (χ1) is 22.3. The average Bonchev–Trinajstić information content (AvgIpc) is 3.06. The Labute approximate surface area is 277 Å². The molecule has 4 N–H and O–H groups in total. The van der Waals surface area contributed by atoms with E-state index < -0.39 is 23.4 Å². The molecule has 0 saturated heterocycles. The Morgan fingerprint density at radius 1 is 0.617 bits per heavy atom. The van der Waals surface area contributed by atoms with E-state index in [9.17, 15) is 28.6 Å². The number of hydrazone groups is 2. The fourth-order valence-electron chi connectivity index (χ4n) is 3.95. The number of hydrogen-bond acceptors (Lipinski definition) is 10. The Hall–Kier alpha value is -6.08. The molecule has 0 aliphatic carbocycles. The number of halogens is 2. The predicted molar refractivity (Wildman–Crippen MR) is 165 cm³/mol. The number of rotatable bonds is 6. The predicted octanol–water partition coefficient (Wildman–Crippen LogP) is 4.47. The quantitative estimate of drug-likeness (QED) is 0.113. The molecule has 0 fully saturated rings. The molecule has 4 heterocycles. The average molecular weight is 686 g/mol. The Balaban J connectivity index is 0.000000208. The summed E-state index contributed by atoms with van der Waals surface area (Å²) in [4.78, 5) is 39.1. The van der Waals surface area contributed by atoms with Gasteiger partial charge in [-0.1, -0.05) is 0 Å². The number of aromatic hydroxyl groups is 2. The molecule has 15 heteroatoms. The molecule has 12 nitrogen and oxygen atoms in total. The second kappa shape index (κ2) is 15.8. The molecule has 0 spiro atoms. The molecular formula is C32H22F2N8O4Zn. The molecule has 47 heavy (non-hydrogen) atoms. The Morgan fingerprint density at radius 3 is 1.38 bits per heavy atom. The van der Waals surface area contributed by atoms with Crippen LogP contribution >= 0.6 is 0 Å². The van der Waals surface area contributed by atoms with Gasteiger partial charge >= 0.3 is 0 Å². The summed E-state index contributed by atoms with van der Waals surface area (Å²) in [7, 11) is 0. The zero-order valence-electron chi connectivity index (χ0n) is 24.2. The van der Waals surface area contributed by atoms with Gasteiger partial charge in [-0.05, 0) is 72.8 Å². The van der Waals surface area contributed by atoms with E-state index >= 15 is 0 Å². The summed E-state index contributed by atoms with van der Waals surface area (Å²) in [6.07, 6.45) is 8.45. The number of fused-ring (bicyclic) bond motifs is 2. The van der Waals surface area contributed by atoms with E-state index in [0.717, 1.165) is 0 Å². The summed E-state index contributed by atoms with van der Waals surface area (Å²) in [5.41, 5.74) is 6.90. The van der Waals surface area contributed by atoms with Crippen LogP contribution < -0.4 is 10.9 Å². The first-order valence-electron chi connectivity index (χ1n) is 13.3. The van der Waals surface area contributed by atoms with Gasteiger partial charge in [0.25, 0.3) is 11.8 Å². The SMILES string of the molecule is O=C(N/N=C/c1cc2cc(F)ccc2nc1O)c1ccncc1.O=C(N/N=C/c1cc2cc(F)ccc2nc1O)c1ccncc1.[Zn]. The van der Waals surface area contributed by atoms with E-state index in [1.165, 1.54) is 85.7 Å². The van der Waals surface area contributed by atoms with Crippen LogP contribution in [0.2, 0.25) is 0 Å². The maximum Gasteiger partial charge on any atom is 0.271 e. The largest absolute Gasteiger partial charge is 0.493 e. The molecule has 6 rings (SSSR count). The van der Waals surface area contributed by atoms with Crippen molar-refractivity contribution < 1.29 is 48.1 Å². The van der Waals surface area contributed by atoms with Gasteiger partial charge in [-0.3, -0.25) is 19.6 Å². The van der Waals surface area contributed by atoms with Crippen molar-refractivity contribution in [2.24, 2.45) is 10.2 Å². The van der Waals surface area contributed by atoms with Gasteiger partial charge < -0.3 is 10.2 Å². The Morgan fingerprint density at radius 2 is 1.00 bits per heavy atom. The van der Waals surface area contributed by atoms with E-state index in [1.807, 2.05) is 0 Å². The van der Waals surface area contributed by atoms with E-state index in [0.29, 0.717) is 32.9 Å². The van der Waals surface area contributed by atoms with Gasteiger partial charge in [-0.2, -0.15) is 10.2 Å². The van der Waals surface area contributed by atoms with Crippen LogP contribution in [0.1, 0.15) is 31.8 Å². The van der Waals surface area contributed by atoms with Gasteiger partial charge in [0.05, 0.1) is 34.6 Å². The first kappa shape index (κ1) is 33.8. The molecule has 0 unspecified atom stereocenters. The minimum atomic E-state index is -0.414. The van der Waals surface area contributed by atoms with Crippen LogP contribution in [0.25, 0.3) is 21.8 Å². The monoisotopic (exact) mass is 684 g/mol. The standard InChI is InChI=1S/2C16H11FN4O2.Zn/c2*17-13-1-2-14-11(8-13)7-12(15(22)20-14)9-19-21-16(23)10-3-5-18-6-4-10;/h2*1-9H,(H,20,22)(H,21,23);/b2*19-9+;. The van der Waals surface area contributed by atoms with Gasteiger partial charge in [0, 0.05) is 66.2 Å². The summed E-state index contributed by atoms with van der Waals surface area (Å²) in [5, 5.41) is 28.3. The molecule has 0 aliphatic heterocycles. The third-order valence-corrected chi connectivity index (χ3v) is 6.19. The summed E-state index contributed by atoms with van der Waals surface area (Å²) in [6, 6.07) is 17.3. The number of nitrogens with zero attached hydrogens (tertiary/aromatic N) is 6. The van der Waals surface area contributed by atoms with Gasteiger partial charge in [-0.25, -0.2) is 29.6 Å². The number of carbonyl (C=O) groups is 2. The molecular weight excluding hydrogens is 664 g/mol. The minimum Gasteiger partial charge on any atom is -0.493 e. The van der Waals surface area contributed by atoms with Crippen LogP contribution in [0, 0.1) is 11.6 Å². The first-order valence-corrected chi connectivity index (χ1v) is 13.3. The van der Waals surface area contributed by atoms with Crippen LogP contribution in [0.15, 0.2) is 108 Å². The van der Waals surface area contributed by atoms with Crippen LogP contribution in [-0.4, -0.2) is 54.4 Å². The number of hydrogen-bond donors (Lipinski definition) is 4. The van der Waals surface area contributed by atoms with Gasteiger partial charge in [0.2, 0.25) is 11.8 Å². The van der Waals surface area contributed by atoms with E-state index in [2.05, 4.69) is 41.0 Å². The van der Waals surface area contributed by atoms with Crippen molar-refractivity contribution in [3.05, 3.63) is 131 Å². The summed E-state index contributed by atoms with van der Waals surface area (Å²) < 4.78 is 26.5. The normalized spacial score (nSPS) is 10.8. The van der Waals surface area contributed by atoms with Crippen LogP contribution in [-0.2, 0) is 19.5 Å². The van der Waals surface area contributed by atoms with Crippen molar-refractivity contribution in [1.82, 2.24) is 30.8 Å². The van der Waals surface area contributed by atoms with E-state index in [4.69, 9.17) is 0 Å². The molecule has 0 saturated carbocycles. The summed E-state index contributed by atoms with van der Waals surface area (Å²) in [6.45, 7) is 0. The van der Waals surface area contributed by atoms with Crippen molar-refractivity contribution in [2.45, 2.75) is 0 Å². The smallest absolute Gasteiger partial charge is 0.271 e. The minimum absolute atomic E-state index is 0. The topological polar surface area (TPSA) is 175 Å². The molecule has 4 aromatic heterocycles. The van der Waals surface area contributed by atoms with Crippen molar-refractivity contribution in [3.63, 3.8) is 0 Å². The van der Waals surface area contributed by atoms with Crippen molar-refractivity contribution >= 4 is 46.0 Å². The second-order valence-corrected chi connectivity index (χ2v) is 9.35.